The zero-order chi connectivity index (χ0) is 21.0. The van der Waals surface area contributed by atoms with Crippen LogP contribution >= 0.6 is 0 Å². The lowest BCUT2D eigenvalue weighted by molar-refractivity contribution is -0.132. The molecule has 0 saturated heterocycles. The van der Waals surface area contributed by atoms with Gasteiger partial charge in [-0.05, 0) is 44.7 Å². The highest BCUT2D eigenvalue weighted by atomic mass is 16.5. The molecule has 6 heteroatoms. The predicted octanol–water partition coefficient (Wildman–Crippen LogP) is 3.44. The van der Waals surface area contributed by atoms with E-state index in [1.165, 1.54) is 0 Å². The molecule has 29 heavy (non-hydrogen) atoms. The van der Waals surface area contributed by atoms with Gasteiger partial charge < -0.3 is 19.5 Å². The van der Waals surface area contributed by atoms with Gasteiger partial charge in [-0.1, -0.05) is 32.0 Å². The number of fused-ring (bicyclic) bond motifs is 3. The quantitative estimate of drug-likeness (QED) is 0.657. The van der Waals surface area contributed by atoms with Gasteiger partial charge >= 0.3 is 0 Å². The van der Waals surface area contributed by atoms with Crippen molar-refractivity contribution in [2.24, 2.45) is 5.92 Å². The summed E-state index contributed by atoms with van der Waals surface area (Å²) in [6, 6.07) is 9.88. The Morgan fingerprint density at radius 2 is 2.07 bits per heavy atom. The number of amides is 2. The Morgan fingerprint density at radius 3 is 2.79 bits per heavy atom. The third-order valence-corrected chi connectivity index (χ3v) is 5.71. The minimum Gasteiger partial charge on any atom is -0.382 e. The van der Waals surface area contributed by atoms with Crippen molar-refractivity contribution in [3.05, 3.63) is 36.0 Å². The summed E-state index contributed by atoms with van der Waals surface area (Å²) < 4.78 is 7.45. The molecule has 0 radical (unpaired) electrons. The summed E-state index contributed by atoms with van der Waals surface area (Å²) >= 11 is 0. The van der Waals surface area contributed by atoms with Crippen molar-refractivity contribution in [1.82, 2.24) is 14.8 Å². The van der Waals surface area contributed by atoms with Crippen LogP contribution in [0, 0.1) is 5.92 Å². The lowest BCUT2D eigenvalue weighted by Gasteiger charge is -2.44. The number of aromatic nitrogens is 1. The molecule has 0 aliphatic carbocycles. The smallest absolute Gasteiger partial charge is 0.271 e. The Balaban J connectivity index is 1.91. The Kier molecular flexibility index (Phi) is 6.63. The van der Waals surface area contributed by atoms with Crippen LogP contribution in [-0.4, -0.2) is 53.1 Å². The average Bonchev–Trinajstić information content (AvgIpc) is 3.05. The molecule has 1 aliphatic rings. The van der Waals surface area contributed by atoms with Gasteiger partial charge in [-0.2, -0.15) is 0 Å². The Bertz CT molecular complexity index is 873. The van der Waals surface area contributed by atoms with Crippen molar-refractivity contribution in [3.63, 3.8) is 0 Å². The summed E-state index contributed by atoms with van der Waals surface area (Å²) in [5.74, 6) is 0.329. The molecule has 0 fully saturated rings. The molecule has 1 atom stereocenters. The molecule has 2 aromatic rings. The molecule has 3 rings (SSSR count). The van der Waals surface area contributed by atoms with Gasteiger partial charge in [-0.25, -0.2) is 0 Å². The van der Waals surface area contributed by atoms with E-state index >= 15 is 0 Å². The zero-order valence-corrected chi connectivity index (χ0v) is 18.0. The van der Waals surface area contributed by atoms with E-state index in [1.807, 2.05) is 48.7 Å². The molecular formula is C23H33N3O3. The normalized spacial score (nSPS) is 19.1. The van der Waals surface area contributed by atoms with Gasteiger partial charge in [0, 0.05) is 37.2 Å². The highest BCUT2D eigenvalue weighted by Crippen LogP contribution is 2.32. The predicted molar refractivity (Wildman–Crippen MR) is 115 cm³/mol. The number of hydrogen-bond acceptors (Lipinski definition) is 3. The maximum absolute atomic E-state index is 13.4. The van der Waals surface area contributed by atoms with Crippen LogP contribution < -0.4 is 5.32 Å². The Hall–Kier alpha value is -2.34. The first-order chi connectivity index (χ1) is 13.9. The minimum atomic E-state index is -0.935. The number of ether oxygens (including phenoxy) is 1. The fourth-order valence-corrected chi connectivity index (χ4v) is 3.99. The molecule has 0 spiro atoms. The van der Waals surface area contributed by atoms with E-state index in [0.29, 0.717) is 50.9 Å². The first kappa shape index (κ1) is 21.4. The van der Waals surface area contributed by atoms with E-state index in [-0.39, 0.29) is 11.8 Å². The third-order valence-electron chi connectivity index (χ3n) is 5.71. The van der Waals surface area contributed by atoms with E-state index < -0.39 is 5.54 Å². The summed E-state index contributed by atoms with van der Waals surface area (Å²) in [5, 5.41) is 4.09. The molecule has 158 valence electrons. The monoisotopic (exact) mass is 399 g/mol. The average molecular weight is 400 g/mol. The SMILES string of the molecule is CCOCCCN1C(=O)c2cc3ccccc3n2C[C@]1(C)C(=O)NCCC(C)C. The number of benzene rings is 1. The van der Waals surface area contributed by atoms with Gasteiger partial charge in [0.05, 0.1) is 6.54 Å². The van der Waals surface area contributed by atoms with E-state index in [0.717, 1.165) is 17.3 Å². The van der Waals surface area contributed by atoms with Crippen LogP contribution in [0.5, 0.6) is 0 Å². The van der Waals surface area contributed by atoms with Gasteiger partial charge in [0.25, 0.3) is 5.91 Å². The summed E-state index contributed by atoms with van der Waals surface area (Å²) in [5.41, 5.74) is 0.704. The number of para-hydroxylation sites is 1. The second kappa shape index (κ2) is 8.99. The van der Waals surface area contributed by atoms with Crippen molar-refractivity contribution >= 4 is 22.7 Å². The number of nitrogens with zero attached hydrogens (tertiary/aromatic N) is 2. The molecule has 6 nitrogen and oxygen atoms in total. The molecule has 1 aromatic heterocycles. The van der Waals surface area contributed by atoms with Crippen molar-refractivity contribution in [3.8, 4) is 0 Å². The fourth-order valence-electron chi connectivity index (χ4n) is 3.99. The van der Waals surface area contributed by atoms with Crippen molar-refractivity contribution < 1.29 is 14.3 Å². The standard InChI is InChI=1S/C23H33N3O3/c1-5-29-14-8-13-26-21(27)20-15-18-9-6-7-10-19(18)25(20)16-23(26,4)22(28)24-12-11-17(2)3/h6-7,9-10,15,17H,5,8,11-14,16H2,1-4H3,(H,24,28)/t23-/m1/s1. The van der Waals surface area contributed by atoms with Gasteiger partial charge in [-0.3, -0.25) is 9.59 Å². The van der Waals surface area contributed by atoms with Crippen LogP contribution in [-0.2, 0) is 16.1 Å². The van der Waals surface area contributed by atoms with Gasteiger partial charge in [-0.15, -0.1) is 0 Å². The van der Waals surface area contributed by atoms with Gasteiger partial charge in [0.2, 0.25) is 5.91 Å². The lowest BCUT2D eigenvalue weighted by Crippen LogP contribution is -2.64. The molecule has 2 heterocycles. The highest BCUT2D eigenvalue weighted by Gasteiger charge is 2.47. The van der Waals surface area contributed by atoms with E-state index in [9.17, 15) is 9.59 Å². The lowest BCUT2D eigenvalue weighted by atomic mass is 9.94. The summed E-state index contributed by atoms with van der Waals surface area (Å²) in [4.78, 5) is 28.4. The molecule has 0 bridgehead atoms. The largest absolute Gasteiger partial charge is 0.382 e. The van der Waals surface area contributed by atoms with E-state index in [1.54, 1.807) is 4.90 Å². The second-order valence-corrected chi connectivity index (χ2v) is 8.39. The van der Waals surface area contributed by atoms with E-state index in [2.05, 4.69) is 19.2 Å². The molecule has 2 amide bonds. The number of carbonyl (C=O) groups excluding carboxylic acids is 2. The first-order valence-electron chi connectivity index (χ1n) is 10.6. The molecule has 1 aromatic carbocycles. The molecule has 0 unspecified atom stereocenters. The Morgan fingerprint density at radius 1 is 1.31 bits per heavy atom. The van der Waals surface area contributed by atoms with Crippen LogP contribution in [0.3, 0.4) is 0 Å². The highest BCUT2D eigenvalue weighted by molar-refractivity contribution is 6.03. The maximum atomic E-state index is 13.4. The van der Waals surface area contributed by atoms with Crippen LogP contribution in [0.2, 0.25) is 0 Å². The third kappa shape index (κ3) is 4.32. The van der Waals surface area contributed by atoms with Crippen LogP contribution in [0.15, 0.2) is 30.3 Å². The number of nitrogens with one attached hydrogen (secondary N) is 1. The summed E-state index contributed by atoms with van der Waals surface area (Å²) in [7, 11) is 0. The number of carbonyl (C=O) groups is 2. The topological polar surface area (TPSA) is 63.6 Å². The zero-order valence-electron chi connectivity index (χ0n) is 18.0. The maximum Gasteiger partial charge on any atom is 0.271 e. The summed E-state index contributed by atoms with van der Waals surface area (Å²) in [6.07, 6.45) is 1.62. The molecule has 0 saturated carbocycles. The molecular weight excluding hydrogens is 366 g/mol. The molecule has 1 N–H and O–H groups in total. The fraction of sp³-hybridized carbons (Fsp3) is 0.565. The first-order valence-corrected chi connectivity index (χ1v) is 10.6. The van der Waals surface area contributed by atoms with Crippen molar-refractivity contribution in [1.29, 1.82) is 0 Å². The summed E-state index contributed by atoms with van der Waals surface area (Å²) in [6.45, 7) is 10.9. The van der Waals surface area contributed by atoms with Crippen molar-refractivity contribution in [2.45, 2.75) is 52.6 Å². The van der Waals surface area contributed by atoms with Crippen LogP contribution in [0.25, 0.3) is 10.9 Å². The minimum absolute atomic E-state index is 0.0914. The second-order valence-electron chi connectivity index (χ2n) is 8.39. The van der Waals surface area contributed by atoms with Crippen molar-refractivity contribution in [2.75, 3.05) is 26.3 Å². The number of hydrogen-bond donors (Lipinski definition) is 1. The number of rotatable bonds is 9. The van der Waals surface area contributed by atoms with Crippen LogP contribution in [0.1, 0.15) is 51.0 Å². The molecule has 1 aliphatic heterocycles. The van der Waals surface area contributed by atoms with Gasteiger partial charge in [0.15, 0.2) is 0 Å². The van der Waals surface area contributed by atoms with Gasteiger partial charge in [0.1, 0.15) is 11.2 Å². The Labute approximate surface area is 173 Å². The van der Waals surface area contributed by atoms with Crippen LogP contribution in [0.4, 0.5) is 0 Å². The van der Waals surface area contributed by atoms with E-state index in [4.69, 9.17) is 4.74 Å².